The molecule has 0 spiro atoms. The lowest BCUT2D eigenvalue weighted by molar-refractivity contribution is -0.151. The Labute approximate surface area is 728 Å². The van der Waals surface area contributed by atoms with E-state index in [1.165, 1.54) is 45.0 Å². The number of aromatic amines is 1. The number of carboxylic acid groups (broad SMARTS) is 1. The van der Waals surface area contributed by atoms with Gasteiger partial charge in [0.05, 0.1) is 31.3 Å². The number of Topliss-reactive ketones (excluding diaryl/α,β-unsaturated/α-hetero) is 3. The number of H-pyrrole nitrogens is 1. The van der Waals surface area contributed by atoms with E-state index in [-0.39, 0.29) is 63.2 Å². The first-order valence-corrected chi connectivity index (χ1v) is 43.1. The number of carbonyl (C=O) groups is 16. The molecule has 0 unspecified atom stereocenters. The summed E-state index contributed by atoms with van der Waals surface area (Å²) in [5.74, 6) is -17.8. The number of para-hydroxylation sites is 1. The van der Waals surface area contributed by atoms with Gasteiger partial charge in [-0.2, -0.15) is 0 Å². The van der Waals surface area contributed by atoms with E-state index < -0.39 is 224 Å². The van der Waals surface area contributed by atoms with E-state index in [9.17, 15) is 57.8 Å². The summed E-state index contributed by atoms with van der Waals surface area (Å²) in [5, 5.41) is 27.6. The molecular weight excluding hydrogens is 1610 g/mol. The number of benzene rings is 5. The van der Waals surface area contributed by atoms with Crippen LogP contribution in [0.3, 0.4) is 0 Å². The Morgan fingerprint density at radius 3 is 1.58 bits per heavy atom. The number of rotatable bonds is 24. The molecule has 14 N–H and O–H groups in total. The molecule has 5 aromatic carbocycles. The predicted molar refractivity (Wildman–Crippen MR) is 469 cm³/mol. The van der Waals surface area contributed by atoms with Crippen molar-refractivity contribution in [2.45, 2.75) is 185 Å². The maximum Gasteiger partial charge on any atom is 0.304 e. The van der Waals surface area contributed by atoms with Crippen molar-refractivity contribution in [2.75, 3.05) is 66.4 Å². The summed E-state index contributed by atoms with van der Waals surface area (Å²) in [7, 11) is 6.71. The number of fused-ring (bicyclic) bond motifs is 1. The number of carbonyl (C=O) groups excluding carboxylic acids is 15. The number of amides is 12. The second-order valence-electron chi connectivity index (χ2n) is 32.6. The van der Waals surface area contributed by atoms with E-state index in [1.54, 1.807) is 173 Å². The van der Waals surface area contributed by atoms with Gasteiger partial charge in [0.1, 0.15) is 54.1 Å². The third kappa shape index (κ3) is 29.9. The fourth-order valence-electron chi connectivity index (χ4n) is 15.0. The van der Waals surface area contributed by atoms with E-state index >= 15 is 24.0 Å². The number of hydrogen-bond acceptors (Lipinski definition) is 19. The van der Waals surface area contributed by atoms with Crippen LogP contribution in [0, 0.1) is 23.7 Å². The van der Waals surface area contributed by atoms with Crippen molar-refractivity contribution in [3.63, 3.8) is 0 Å². The predicted octanol–water partition coefficient (Wildman–Crippen LogP) is 3.50. The van der Waals surface area contributed by atoms with E-state index in [2.05, 4.69) is 36.9 Å². The third-order valence-electron chi connectivity index (χ3n) is 22.2. The zero-order valence-corrected chi connectivity index (χ0v) is 73.2. The summed E-state index contributed by atoms with van der Waals surface area (Å²) < 4.78 is 0. The van der Waals surface area contributed by atoms with Crippen LogP contribution in [0.15, 0.2) is 146 Å². The second kappa shape index (κ2) is 48.8. The normalized spacial score (nSPS) is 22.5. The molecule has 6 aromatic rings. The molecule has 1 aliphatic heterocycles. The molecule has 1 aromatic heterocycles. The summed E-state index contributed by atoms with van der Waals surface area (Å²) in [6.07, 6.45) is -1.11. The molecular formula is C91H121N15O17S. The van der Waals surface area contributed by atoms with Gasteiger partial charge in [0.15, 0.2) is 11.6 Å². The molecule has 668 valence electrons. The van der Waals surface area contributed by atoms with Crippen LogP contribution in [0.5, 0.6) is 0 Å². The van der Waals surface area contributed by atoms with Gasteiger partial charge in [0.2, 0.25) is 70.9 Å². The molecule has 33 heteroatoms. The molecule has 7 rings (SSSR count). The van der Waals surface area contributed by atoms with Crippen LogP contribution in [0.1, 0.15) is 126 Å². The Bertz CT molecular complexity index is 4690. The topological polar surface area (TPSA) is 476 Å². The molecule has 1 aliphatic rings. The number of aromatic nitrogens is 1. The summed E-state index contributed by atoms with van der Waals surface area (Å²) in [6, 6.07) is 27.2. The van der Waals surface area contributed by atoms with Crippen molar-refractivity contribution in [3.05, 3.63) is 179 Å². The number of ketones is 3. The SMILES string of the molecule is CCCC[C@H]1C(=O)N(C)CC(=O)C[C@@H](CC(=O)O)C(=O)C[C@@H](C(C)C)C(=O)N(C)[C@@H](Cc2ccccc2)C(=O)N[C@@H](CN)C(=O)N(C)CC(=O)N[C@@H](Cc2c[nH]c3ccccc23)C(=O)N[C@@H](Cc2ccc(CN)cc2)C(=O)N[C@@H](CC(C)C)C(=O)N[C@H](C(=O)CCC(N)=O)CSCC(=O)N[C@@H](Cc2ccccc2)C(=O)N(C)[C@@H](Cc2ccccc2)C(=O)N1C. The van der Waals surface area contributed by atoms with Crippen LogP contribution in [-0.4, -0.2) is 250 Å². The molecule has 0 saturated carbocycles. The fourth-order valence-corrected chi connectivity index (χ4v) is 15.9. The Morgan fingerprint density at radius 2 is 1.01 bits per heavy atom. The van der Waals surface area contributed by atoms with Crippen molar-refractivity contribution in [3.8, 4) is 0 Å². The molecule has 1 saturated heterocycles. The first kappa shape index (κ1) is 99.1. The molecule has 12 amide bonds. The number of primary amides is 1. The van der Waals surface area contributed by atoms with E-state index in [4.69, 9.17) is 17.2 Å². The number of aliphatic carboxylic acids is 1. The first-order valence-electron chi connectivity index (χ1n) is 41.9. The molecule has 124 heavy (non-hydrogen) atoms. The van der Waals surface area contributed by atoms with Crippen LogP contribution in [0.2, 0.25) is 0 Å². The Balaban J connectivity index is 1.31. The fraction of sp³-hybridized carbons (Fsp3) is 0.473. The Hall–Kier alpha value is -12.0. The lowest BCUT2D eigenvalue weighted by atomic mass is 9.83. The van der Waals surface area contributed by atoms with Gasteiger partial charge >= 0.3 is 5.97 Å². The van der Waals surface area contributed by atoms with Gasteiger partial charge < -0.3 is 83.7 Å². The van der Waals surface area contributed by atoms with E-state index in [0.29, 0.717) is 51.6 Å². The highest BCUT2D eigenvalue weighted by Crippen LogP contribution is 2.28. The van der Waals surface area contributed by atoms with Gasteiger partial charge in [-0.15, -0.1) is 11.8 Å². The van der Waals surface area contributed by atoms with Crippen LogP contribution >= 0.6 is 11.8 Å². The third-order valence-corrected chi connectivity index (χ3v) is 23.2. The molecule has 11 atom stereocenters. The number of thioether (sulfide) groups is 1. The van der Waals surface area contributed by atoms with Gasteiger partial charge in [-0.1, -0.05) is 181 Å². The number of nitrogens with two attached hydrogens (primary N) is 3. The minimum Gasteiger partial charge on any atom is -0.481 e. The number of carboxylic acids is 1. The van der Waals surface area contributed by atoms with Gasteiger partial charge in [-0.3, -0.25) is 76.7 Å². The smallest absolute Gasteiger partial charge is 0.304 e. The zero-order valence-electron chi connectivity index (χ0n) is 72.4. The number of nitrogens with one attached hydrogen (secondary N) is 7. The first-order chi connectivity index (χ1) is 59.0. The summed E-state index contributed by atoms with van der Waals surface area (Å²) in [6.45, 7) is 6.96. The van der Waals surface area contributed by atoms with Gasteiger partial charge in [-0.05, 0) is 64.1 Å². The number of nitrogens with zero attached hydrogens (tertiary/aromatic N) is 5. The van der Waals surface area contributed by atoms with Crippen LogP contribution in [0.25, 0.3) is 10.9 Å². The minimum atomic E-state index is -1.55. The molecule has 32 nitrogen and oxygen atoms in total. The molecule has 0 bridgehead atoms. The average molecular weight is 1730 g/mol. The van der Waals surface area contributed by atoms with Crippen LogP contribution in [0.4, 0.5) is 0 Å². The Kier molecular flexibility index (Phi) is 39.0. The number of hydrogen-bond donors (Lipinski definition) is 11. The van der Waals surface area contributed by atoms with Crippen molar-refractivity contribution >= 4 is 117 Å². The number of unbranched alkanes of at least 4 members (excludes halogenated alkanes) is 1. The summed E-state index contributed by atoms with van der Waals surface area (Å²) in [4.78, 5) is 242. The Morgan fingerprint density at radius 1 is 0.500 bits per heavy atom. The highest BCUT2D eigenvalue weighted by atomic mass is 32.2. The monoisotopic (exact) mass is 1730 g/mol. The number of likely N-dealkylation sites (N-methyl/N-ethyl adjacent to an activating group) is 5. The zero-order chi connectivity index (χ0) is 91.0. The van der Waals surface area contributed by atoms with Crippen molar-refractivity contribution in [1.82, 2.24) is 61.4 Å². The lowest BCUT2D eigenvalue weighted by Crippen LogP contribution is -2.60. The minimum absolute atomic E-state index is 0.0379. The van der Waals surface area contributed by atoms with Crippen LogP contribution in [-0.2, 0) is 115 Å². The molecule has 0 aliphatic carbocycles. The summed E-state index contributed by atoms with van der Waals surface area (Å²) >= 11 is 0.890. The van der Waals surface area contributed by atoms with Crippen molar-refractivity contribution in [2.24, 2.45) is 40.9 Å². The molecule has 1 fully saturated rings. The van der Waals surface area contributed by atoms with Gasteiger partial charge in [-0.25, -0.2) is 0 Å². The van der Waals surface area contributed by atoms with Crippen molar-refractivity contribution in [1.29, 1.82) is 0 Å². The summed E-state index contributed by atoms with van der Waals surface area (Å²) in [5.41, 5.74) is 22.1. The standard InChI is InChI=1S/C91H121N15O17S/c1-11-12-32-74-90(122)102(6)51-64(107)44-62(46-82(113)114)78(109)47-66(56(4)5)87(119)105(9)75(42-58-26-18-14-19-27-58)86(118)100-72(49-93)88(120)103(7)52-80(111)96-70(45-63-50-95-67-31-23-22-30-65(63)67)85(117)99-69(40-60-33-35-61(48-92)36-34-60)84(116)98-68(39-55(2)3)83(115)101-73(77(108)37-38-79(94)110)53-124-54-81(112)97-71(41-57-24-16-13-17-25-57)89(121)106(10)76(91(123)104(74)8)43-59-28-20-15-21-29-59/h13-31,33-36,50,55-56,62,66,68-76,95H,11-12,32,37-49,51-54,92-93H2,1-10H3,(H2,94,110)(H,96,111)(H,97,112)(H,98,116)(H,99,117)(H,100,118)(H,101,115)(H,113,114)/t62-,66-,68-,69-,70-,71-,72-,73-,74-,75-,76-/m0/s1. The highest BCUT2D eigenvalue weighted by molar-refractivity contribution is 8.00. The van der Waals surface area contributed by atoms with Gasteiger partial charge in [0.25, 0.3) is 0 Å². The van der Waals surface area contributed by atoms with E-state index in [0.717, 1.165) is 32.0 Å². The highest BCUT2D eigenvalue weighted by Gasteiger charge is 2.42. The molecule has 2 heterocycles. The van der Waals surface area contributed by atoms with Gasteiger partial charge in [0, 0.05) is 141 Å². The second-order valence-corrected chi connectivity index (χ2v) is 33.7. The van der Waals surface area contributed by atoms with E-state index in [1.807, 2.05) is 6.92 Å². The molecule has 0 radical (unpaired) electrons. The largest absolute Gasteiger partial charge is 0.481 e. The average Bonchev–Trinajstić information content (AvgIpc) is 1.64. The lowest BCUT2D eigenvalue weighted by Gasteiger charge is -2.37. The maximum absolute atomic E-state index is 15.5. The van der Waals surface area contributed by atoms with Crippen molar-refractivity contribution < 1.29 is 81.8 Å². The maximum atomic E-state index is 15.5. The quantitative estimate of drug-likeness (QED) is 0.0413. The van der Waals surface area contributed by atoms with Crippen LogP contribution < -0.4 is 49.1 Å².